The fraction of sp³-hybridized carbons (Fsp3) is 0.286. The zero-order chi connectivity index (χ0) is 19.4. The molecule has 0 aliphatic heterocycles. The van der Waals surface area contributed by atoms with Crippen molar-refractivity contribution < 1.29 is 4.79 Å². The van der Waals surface area contributed by atoms with Gasteiger partial charge in [0.2, 0.25) is 5.91 Å². The number of para-hydroxylation sites is 1. The summed E-state index contributed by atoms with van der Waals surface area (Å²) in [5, 5.41) is 3.82. The molecule has 6 heteroatoms. The Hall–Kier alpha value is -2.60. The minimum atomic E-state index is -0.373. The molecule has 1 aromatic heterocycles. The standard InChI is InChI=1S/C21H23N3O2S/c1-4-24-20(26)17-12-8-9-13-18(17)23-21(24)27-15(3)19(25)22-14(2)16-10-6-5-7-11-16/h5-15H,4H2,1-3H3,(H,22,25)/t14-,15-/m0/s1. The number of nitrogens with zero attached hydrogens (tertiary/aromatic N) is 2. The minimum Gasteiger partial charge on any atom is -0.349 e. The highest BCUT2D eigenvalue weighted by Gasteiger charge is 2.20. The van der Waals surface area contributed by atoms with Crippen LogP contribution in [0.5, 0.6) is 0 Å². The lowest BCUT2D eigenvalue weighted by atomic mass is 10.1. The summed E-state index contributed by atoms with van der Waals surface area (Å²) in [6.07, 6.45) is 0. The molecule has 0 aliphatic rings. The van der Waals surface area contributed by atoms with Crippen molar-refractivity contribution in [1.29, 1.82) is 0 Å². The number of amides is 1. The number of thioether (sulfide) groups is 1. The van der Waals surface area contributed by atoms with E-state index in [9.17, 15) is 9.59 Å². The highest BCUT2D eigenvalue weighted by atomic mass is 32.2. The van der Waals surface area contributed by atoms with Crippen LogP contribution in [0.4, 0.5) is 0 Å². The summed E-state index contributed by atoms with van der Waals surface area (Å²) in [7, 11) is 0. The first kappa shape index (κ1) is 19.2. The van der Waals surface area contributed by atoms with Gasteiger partial charge in [-0.2, -0.15) is 0 Å². The molecule has 0 spiro atoms. The summed E-state index contributed by atoms with van der Waals surface area (Å²) in [4.78, 5) is 29.9. The Balaban J connectivity index is 1.80. The van der Waals surface area contributed by atoms with Crippen LogP contribution in [0.15, 0.2) is 64.5 Å². The van der Waals surface area contributed by atoms with Crippen LogP contribution in [-0.4, -0.2) is 20.7 Å². The van der Waals surface area contributed by atoms with Crippen LogP contribution < -0.4 is 10.9 Å². The smallest absolute Gasteiger partial charge is 0.262 e. The van der Waals surface area contributed by atoms with Crippen molar-refractivity contribution in [2.24, 2.45) is 0 Å². The molecule has 0 saturated carbocycles. The van der Waals surface area contributed by atoms with Crippen molar-refractivity contribution in [1.82, 2.24) is 14.9 Å². The molecule has 1 N–H and O–H groups in total. The molecular weight excluding hydrogens is 358 g/mol. The van der Waals surface area contributed by atoms with Crippen LogP contribution in [0.25, 0.3) is 10.9 Å². The van der Waals surface area contributed by atoms with E-state index >= 15 is 0 Å². The largest absolute Gasteiger partial charge is 0.349 e. The van der Waals surface area contributed by atoms with E-state index in [1.807, 2.05) is 69.3 Å². The van der Waals surface area contributed by atoms with Crippen LogP contribution in [0.2, 0.25) is 0 Å². The van der Waals surface area contributed by atoms with E-state index < -0.39 is 0 Å². The lowest BCUT2D eigenvalue weighted by molar-refractivity contribution is -0.120. The van der Waals surface area contributed by atoms with Gasteiger partial charge in [-0.1, -0.05) is 54.2 Å². The van der Waals surface area contributed by atoms with E-state index in [1.54, 1.807) is 10.6 Å². The van der Waals surface area contributed by atoms with Crippen molar-refractivity contribution in [2.75, 3.05) is 0 Å². The molecule has 27 heavy (non-hydrogen) atoms. The molecule has 0 aliphatic carbocycles. The SMILES string of the molecule is CCn1c(S[C@@H](C)C(=O)N[C@@H](C)c2ccccc2)nc2ccccc2c1=O. The fourth-order valence-corrected chi connectivity index (χ4v) is 3.87. The summed E-state index contributed by atoms with van der Waals surface area (Å²) in [6.45, 7) is 6.21. The van der Waals surface area contributed by atoms with E-state index in [0.717, 1.165) is 5.56 Å². The first-order chi connectivity index (χ1) is 13.0. The summed E-state index contributed by atoms with van der Waals surface area (Å²) < 4.78 is 1.62. The lowest BCUT2D eigenvalue weighted by Crippen LogP contribution is -2.33. The summed E-state index contributed by atoms with van der Waals surface area (Å²) in [5.74, 6) is -0.0820. The van der Waals surface area contributed by atoms with Crippen molar-refractivity contribution in [3.8, 4) is 0 Å². The molecular formula is C21H23N3O2S. The number of benzene rings is 2. The van der Waals surface area contributed by atoms with Gasteiger partial charge >= 0.3 is 0 Å². The zero-order valence-corrected chi connectivity index (χ0v) is 16.5. The second-order valence-corrected chi connectivity index (χ2v) is 7.67. The first-order valence-corrected chi connectivity index (χ1v) is 9.90. The number of nitrogens with one attached hydrogen (secondary N) is 1. The number of hydrogen-bond donors (Lipinski definition) is 1. The van der Waals surface area contributed by atoms with Gasteiger partial charge in [-0.15, -0.1) is 0 Å². The van der Waals surface area contributed by atoms with E-state index in [4.69, 9.17) is 0 Å². The normalized spacial score (nSPS) is 13.3. The fourth-order valence-electron chi connectivity index (χ4n) is 2.88. The van der Waals surface area contributed by atoms with Crippen LogP contribution in [0.1, 0.15) is 32.4 Å². The molecule has 0 unspecified atom stereocenters. The summed E-state index contributed by atoms with van der Waals surface area (Å²) >= 11 is 1.31. The maximum absolute atomic E-state index is 12.7. The average molecular weight is 382 g/mol. The molecule has 0 radical (unpaired) electrons. The molecule has 0 saturated heterocycles. The molecule has 3 rings (SSSR count). The number of carbonyl (C=O) groups excluding carboxylic acids is 1. The third-order valence-corrected chi connectivity index (χ3v) is 5.54. The van der Waals surface area contributed by atoms with Gasteiger partial charge in [0.25, 0.3) is 5.56 Å². The van der Waals surface area contributed by atoms with Gasteiger partial charge in [0, 0.05) is 6.54 Å². The number of carbonyl (C=O) groups is 1. The molecule has 0 fully saturated rings. The van der Waals surface area contributed by atoms with Gasteiger partial charge in [-0.25, -0.2) is 4.98 Å². The monoisotopic (exact) mass is 381 g/mol. The average Bonchev–Trinajstić information content (AvgIpc) is 2.69. The third-order valence-electron chi connectivity index (χ3n) is 4.45. The molecule has 5 nitrogen and oxygen atoms in total. The summed E-state index contributed by atoms with van der Waals surface area (Å²) in [6, 6.07) is 17.0. The van der Waals surface area contributed by atoms with Gasteiger partial charge in [-0.05, 0) is 38.5 Å². The van der Waals surface area contributed by atoms with Crippen LogP contribution >= 0.6 is 11.8 Å². The minimum absolute atomic E-state index is 0.0733. The molecule has 2 aromatic carbocycles. The summed E-state index contributed by atoms with van der Waals surface area (Å²) in [5.41, 5.74) is 1.63. The second-order valence-electron chi connectivity index (χ2n) is 6.36. The van der Waals surface area contributed by atoms with Gasteiger partial charge in [0.05, 0.1) is 22.2 Å². The van der Waals surface area contributed by atoms with Gasteiger partial charge in [0.1, 0.15) is 0 Å². The number of aromatic nitrogens is 2. The van der Waals surface area contributed by atoms with Gasteiger partial charge < -0.3 is 5.32 Å². The molecule has 0 bridgehead atoms. The molecule has 140 valence electrons. The Kier molecular flexibility index (Phi) is 5.96. The van der Waals surface area contributed by atoms with Gasteiger partial charge in [0.15, 0.2) is 5.16 Å². The van der Waals surface area contributed by atoms with Crippen LogP contribution in [-0.2, 0) is 11.3 Å². The highest BCUT2D eigenvalue weighted by Crippen LogP contribution is 2.23. The topological polar surface area (TPSA) is 64.0 Å². The Morgan fingerprint density at radius 3 is 2.48 bits per heavy atom. The highest BCUT2D eigenvalue weighted by molar-refractivity contribution is 8.00. The third kappa shape index (κ3) is 4.22. The van der Waals surface area contributed by atoms with Crippen LogP contribution in [0, 0.1) is 0 Å². The second kappa shape index (κ2) is 8.39. The first-order valence-electron chi connectivity index (χ1n) is 9.02. The maximum atomic E-state index is 12.7. The van der Waals surface area contributed by atoms with Crippen molar-refractivity contribution in [3.05, 3.63) is 70.5 Å². The van der Waals surface area contributed by atoms with E-state index in [1.165, 1.54) is 11.8 Å². The van der Waals surface area contributed by atoms with E-state index in [2.05, 4.69) is 10.3 Å². The predicted octanol–water partition coefficient (Wildman–Crippen LogP) is 3.77. The van der Waals surface area contributed by atoms with E-state index in [0.29, 0.717) is 22.6 Å². The Morgan fingerprint density at radius 1 is 1.11 bits per heavy atom. The molecule has 3 aromatic rings. The predicted molar refractivity (Wildman–Crippen MR) is 110 cm³/mol. The number of fused-ring (bicyclic) bond motifs is 1. The maximum Gasteiger partial charge on any atom is 0.262 e. The van der Waals surface area contributed by atoms with Crippen molar-refractivity contribution >= 4 is 28.6 Å². The van der Waals surface area contributed by atoms with Crippen molar-refractivity contribution in [3.63, 3.8) is 0 Å². The number of hydrogen-bond acceptors (Lipinski definition) is 4. The number of rotatable bonds is 6. The zero-order valence-electron chi connectivity index (χ0n) is 15.7. The molecule has 1 heterocycles. The molecule has 1 amide bonds. The Labute approximate surface area is 162 Å². The van der Waals surface area contributed by atoms with E-state index in [-0.39, 0.29) is 22.8 Å². The van der Waals surface area contributed by atoms with Crippen molar-refractivity contribution in [2.45, 2.75) is 43.8 Å². The molecule has 2 atom stereocenters. The van der Waals surface area contributed by atoms with Crippen LogP contribution in [0.3, 0.4) is 0 Å². The quantitative estimate of drug-likeness (QED) is 0.521. The Bertz CT molecular complexity index is 1000. The lowest BCUT2D eigenvalue weighted by Gasteiger charge is -2.19. The van der Waals surface area contributed by atoms with Gasteiger partial charge in [-0.3, -0.25) is 14.2 Å². The Morgan fingerprint density at radius 2 is 1.78 bits per heavy atom.